The normalized spacial score (nSPS) is 27.9. The van der Waals surface area contributed by atoms with Gasteiger partial charge in [-0.25, -0.2) is 0 Å². The van der Waals surface area contributed by atoms with Gasteiger partial charge in [-0.05, 0) is 43.2 Å². The van der Waals surface area contributed by atoms with E-state index in [-0.39, 0.29) is 12.1 Å². The van der Waals surface area contributed by atoms with Crippen LogP contribution in [0.2, 0.25) is 0 Å². The van der Waals surface area contributed by atoms with Gasteiger partial charge in [0.05, 0.1) is 6.61 Å². The Bertz CT molecular complexity index is 437. The van der Waals surface area contributed by atoms with E-state index < -0.39 is 0 Å². The van der Waals surface area contributed by atoms with Crippen LogP contribution < -0.4 is 5.32 Å². The molecule has 0 spiro atoms. The van der Waals surface area contributed by atoms with E-state index >= 15 is 0 Å². The number of rotatable bonds is 3. The fraction of sp³-hybridized carbons (Fsp3) is 0.667. The van der Waals surface area contributed by atoms with Crippen molar-refractivity contribution in [3.8, 4) is 0 Å². The lowest BCUT2D eigenvalue weighted by atomic mass is 9.77. The molecule has 2 heteroatoms. The molecule has 20 heavy (non-hydrogen) atoms. The van der Waals surface area contributed by atoms with Gasteiger partial charge in [0, 0.05) is 11.6 Å². The quantitative estimate of drug-likeness (QED) is 0.829. The molecule has 2 aliphatic carbocycles. The summed E-state index contributed by atoms with van der Waals surface area (Å²) >= 11 is 0. The Morgan fingerprint density at radius 3 is 2.45 bits per heavy atom. The van der Waals surface area contributed by atoms with Gasteiger partial charge in [-0.15, -0.1) is 0 Å². The number of nitrogens with one attached hydrogen (secondary N) is 1. The average Bonchev–Trinajstić information content (AvgIpc) is 2.76. The predicted molar refractivity (Wildman–Crippen MR) is 82.9 cm³/mol. The standard InChI is InChI=1S/C18H27NO/c20-14-18(19-17-9-3-1-2-4-10-17)12-11-15-7-5-6-8-16(15)13-18/h5-8,17,19-20H,1-4,9-14H2. The van der Waals surface area contributed by atoms with Gasteiger partial charge in [0.1, 0.15) is 0 Å². The summed E-state index contributed by atoms with van der Waals surface area (Å²) in [6.07, 6.45) is 11.2. The summed E-state index contributed by atoms with van der Waals surface area (Å²) in [6, 6.07) is 9.33. The van der Waals surface area contributed by atoms with Crippen molar-refractivity contribution in [2.45, 2.75) is 69.4 Å². The highest BCUT2D eigenvalue weighted by molar-refractivity contribution is 5.32. The van der Waals surface area contributed by atoms with Gasteiger partial charge in [-0.3, -0.25) is 0 Å². The van der Waals surface area contributed by atoms with Crippen molar-refractivity contribution in [3.63, 3.8) is 0 Å². The van der Waals surface area contributed by atoms with E-state index in [2.05, 4.69) is 29.6 Å². The van der Waals surface area contributed by atoms with Gasteiger partial charge in [0.2, 0.25) is 0 Å². The second kappa shape index (κ2) is 6.28. The molecule has 1 aromatic carbocycles. The van der Waals surface area contributed by atoms with E-state index in [1.54, 1.807) is 0 Å². The highest BCUT2D eigenvalue weighted by atomic mass is 16.3. The van der Waals surface area contributed by atoms with Crippen molar-refractivity contribution in [3.05, 3.63) is 35.4 Å². The minimum Gasteiger partial charge on any atom is -0.394 e. The van der Waals surface area contributed by atoms with Gasteiger partial charge >= 0.3 is 0 Å². The highest BCUT2D eigenvalue weighted by Gasteiger charge is 2.35. The molecule has 1 aromatic rings. The van der Waals surface area contributed by atoms with Gasteiger partial charge in [-0.1, -0.05) is 49.9 Å². The van der Waals surface area contributed by atoms with Crippen LogP contribution in [0.4, 0.5) is 0 Å². The summed E-state index contributed by atoms with van der Waals surface area (Å²) in [7, 11) is 0. The van der Waals surface area contributed by atoms with Gasteiger partial charge in [0.15, 0.2) is 0 Å². The maximum Gasteiger partial charge on any atom is 0.0616 e. The van der Waals surface area contributed by atoms with E-state index in [4.69, 9.17) is 0 Å². The zero-order valence-electron chi connectivity index (χ0n) is 12.4. The lowest BCUT2D eigenvalue weighted by Gasteiger charge is -2.40. The first-order chi connectivity index (χ1) is 9.81. The number of aliphatic hydroxyl groups is 1. The maximum absolute atomic E-state index is 10.0. The molecule has 2 aliphatic rings. The first-order valence-corrected chi connectivity index (χ1v) is 8.27. The molecule has 2 N–H and O–H groups in total. The van der Waals surface area contributed by atoms with Crippen LogP contribution in [-0.4, -0.2) is 23.3 Å². The summed E-state index contributed by atoms with van der Waals surface area (Å²) in [5.74, 6) is 0. The van der Waals surface area contributed by atoms with Crippen LogP contribution in [0.25, 0.3) is 0 Å². The number of aliphatic hydroxyl groups excluding tert-OH is 1. The molecule has 0 radical (unpaired) electrons. The molecule has 1 fully saturated rings. The van der Waals surface area contributed by atoms with Crippen LogP contribution in [0.3, 0.4) is 0 Å². The number of benzene rings is 1. The second-order valence-electron chi connectivity index (χ2n) is 6.72. The summed E-state index contributed by atoms with van der Waals surface area (Å²) in [5.41, 5.74) is 2.82. The van der Waals surface area contributed by atoms with Crippen molar-refractivity contribution < 1.29 is 5.11 Å². The lowest BCUT2D eigenvalue weighted by Crippen LogP contribution is -2.56. The van der Waals surface area contributed by atoms with Crippen molar-refractivity contribution in [2.24, 2.45) is 0 Å². The van der Waals surface area contributed by atoms with Gasteiger partial charge < -0.3 is 10.4 Å². The van der Waals surface area contributed by atoms with Crippen molar-refractivity contribution >= 4 is 0 Å². The Morgan fingerprint density at radius 2 is 1.75 bits per heavy atom. The SMILES string of the molecule is OCC1(NC2CCCCCC2)CCc2ccccc2C1. The summed E-state index contributed by atoms with van der Waals surface area (Å²) < 4.78 is 0. The summed E-state index contributed by atoms with van der Waals surface area (Å²) in [5, 5.41) is 13.9. The topological polar surface area (TPSA) is 32.3 Å². The summed E-state index contributed by atoms with van der Waals surface area (Å²) in [4.78, 5) is 0. The number of hydrogen-bond donors (Lipinski definition) is 2. The molecular formula is C18H27NO. The fourth-order valence-corrected chi connectivity index (χ4v) is 3.96. The molecule has 3 rings (SSSR count). The number of fused-ring (bicyclic) bond motifs is 1. The molecule has 1 atom stereocenters. The zero-order valence-corrected chi connectivity index (χ0v) is 12.4. The van der Waals surface area contributed by atoms with E-state index in [0.717, 1.165) is 19.3 Å². The Hall–Kier alpha value is -0.860. The largest absolute Gasteiger partial charge is 0.394 e. The predicted octanol–water partition coefficient (Wildman–Crippen LogP) is 3.22. The molecule has 1 unspecified atom stereocenters. The van der Waals surface area contributed by atoms with Crippen molar-refractivity contribution in [1.29, 1.82) is 0 Å². The van der Waals surface area contributed by atoms with E-state index in [1.807, 2.05) is 0 Å². The molecular weight excluding hydrogens is 246 g/mol. The maximum atomic E-state index is 10.0. The van der Waals surface area contributed by atoms with Crippen LogP contribution in [0.15, 0.2) is 24.3 Å². The Balaban J connectivity index is 1.72. The second-order valence-corrected chi connectivity index (χ2v) is 6.72. The van der Waals surface area contributed by atoms with Crippen LogP contribution in [0.1, 0.15) is 56.1 Å². The average molecular weight is 273 g/mol. The Morgan fingerprint density at radius 1 is 1.05 bits per heavy atom. The summed E-state index contributed by atoms with van der Waals surface area (Å²) in [6.45, 7) is 0.262. The van der Waals surface area contributed by atoms with E-state index in [0.29, 0.717) is 6.04 Å². The highest BCUT2D eigenvalue weighted by Crippen LogP contribution is 2.30. The molecule has 0 heterocycles. The first-order valence-electron chi connectivity index (χ1n) is 8.27. The fourth-order valence-electron chi connectivity index (χ4n) is 3.96. The molecule has 0 saturated heterocycles. The van der Waals surface area contributed by atoms with Crippen molar-refractivity contribution in [2.75, 3.05) is 6.61 Å². The van der Waals surface area contributed by atoms with Gasteiger partial charge in [0.25, 0.3) is 0 Å². The van der Waals surface area contributed by atoms with Crippen LogP contribution >= 0.6 is 0 Å². The molecule has 0 amide bonds. The third kappa shape index (κ3) is 3.07. The van der Waals surface area contributed by atoms with Crippen molar-refractivity contribution in [1.82, 2.24) is 5.32 Å². The molecule has 0 aromatic heterocycles. The molecule has 0 aliphatic heterocycles. The Labute approximate surface area is 122 Å². The minimum absolute atomic E-state index is 0.0800. The van der Waals surface area contributed by atoms with Crippen LogP contribution in [-0.2, 0) is 12.8 Å². The van der Waals surface area contributed by atoms with E-state index in [1.165, 1.54) is 49.7 Å². The third-order valence-electron chi connectivity index (χ3n) is 5.19. The Kier molecular flexibility index (Phi) is 4.42. The molecule has 1 saturated carbocycles. The van der Waals surface area contributed by atoms with E-state index in [9.17, 15) is 5.11 Å². The minimum atomic E-state index is -0.0800. The van der Waals surface area contributed by atoms with Crippen LogP contribution in [0, 0.1) is 0 Å². The molecule has 2 nitrogen and oxygen atoms in total. The molecule has 0 bridgehead atoms. The number of aryl methyl sites for hydroxylation is 1. The first kappa shape index (κ1) is 14.1. The lowest BCUT2D eigenvalue weighted by molar-refractivity contribution is 0.128. The monoisotopic (exact) mass is 273 g/mol. The number of hydrogen-bond acceptors (Lipinski definition) is 2. The van der Waals surface area contributed by atoms with Gasteiger partial charge in [-0.2, -0.15) is 0 Å². The smallest absolute Gasteiger partial charge is 0.0616 e. The zero-order chi connectivity index (χ0) is 13.8. The molecule has 110 valence electrons. The van der Waals surface area contributed by atoms with Crippen LogP contribution in [0.5, 0.6) is 0 Å². The third-order valence-corrected chi connectivity index (χ3v) is 5.19.